The number of rotatable bonds is 7. The van der Waals surface area contributed by atoms with E-state index in [0.29, 0.717) is 10.8 Å². The summed E-state index contributed by atoms with van der Waals surface area (Å²) in [6.07, 6.45) is 5.44. The lowest BCUT2D eigenvalue weighted by atomic mass is 9.85. The predicted octanol–water partition coefficient (Wildman–Crippen LogP) is 3.10. The molecule has 0 amide bonds. The molecule has 0 spiro atoms. The molecule has 120 valence electrons. The van der Waals surface area contributed by atoms with Gasteiger partial charge in [-0.1, -0.05) is 33.1 Å². The Bertz CT molecular complexity index is 540. The summed E-state index contributed by atoms with van der Waals surface area (Å²) in [5, 5.41) is 4.96. The van der Waals surface area contributed by atoms with Gasteiger partial charge in [0.05, 0.1) is 4.90 Å². The lowest BCUT2D eigenvalue weighted by Crippen LogP contribution is -2.38. The molecule has 4 nitrogen and oxygen atoms in total. The highest BCUT2D eigenvalue weighted by atomic mass is 32.2. The Morgan fingerprint density at radius 3 is 2.86 bits per heavy atom. The maximum absolute atomic E-state index is 12.5. The van der Waals surface area contributed by atoms with E-state index in [2.05, 4.69) is 17.0 Å². The molecule has 1 fully saturated rings. The quantitative estimate of drug-likeness (QED) is 0.807. The van der Waals surface area contributed by atoms with Crippen LogP contribution in [0.25, 0.3) is 0 Å². The second-order valence-corrected chi connectivity index (χ2v) is 8.50. The Morgan fingerprint density at radius 1 is 1.33 bits per heavy atom. The fraction of sp³-hybridized carbons (Fsp3) is 0.733. The highest BCUT2D eigenvalue weighted by Crippen LogP contribution is 2.28. The minimum atomic E-state index is -3.36. The average molecular weight is 331 g/mol. The first-order valence-corrected chi connectivity index (χ1v) is 10.2. The predicted molar refractivity (Wildman–Crippen MR) is 88.1 cm³/mol. The van der Waals surface area contributed by atoms with Crippen molar-refractivity contribution in [3.63, 3.8) is 0 Å². The molecule has 1 aromatic heterocycles. The minimum Gasteiger partial charge on any atom is -0.312 e. The first-order valence-electron chi connectivity index (χ1n) is 7.85. The van der Waals surface area contributed by atoms with Crippen LogP contribution in [-0.2, 0) is 16.6 Å². The van der Waals surface area contributed by atoms with Crippen LogP contribution >= 0.6 is 11.3 Å². The molecule has 2 unspecified atom stereocenters. The SMILES string of the molecule is CCNCc1cc(S(=O)(=O)NC2CCCC(CC)C2)cs1. The second kappa shape index (κ2) is 7.72. The van der Waals surface area contributed by atoms with Gasteiger partial charge in [-0.25, -0.2) is 13.1 Å². The molecular formula is C15H26N2O2S2. The molecule has 2 rings (SSSR count). The summed E-state index contributed by atoms with van der Waals surface area (Å²) in [5.74, 6) is 0.665. The summed E-state index contributed by atoms with van der Waals surface area (Å²) in [6.45, 7) is 5.85. The van der Waals surface area contributed by atoms with Gasteiger partial charge in [0.2, 0.25) is 10.0 Å². The summed E-state index contributed by atoms with van der Waals surface area (Å²) in [7, 11) is -3.36. The molecular weight excluding hydrogens is 304 g/mol. The molecule has 1 heterocycles. The number of hydrogen-bond acceptors (Lipinski definition) is 4. The van der Waals surface area contributed by atoms with Crippen molar-refractivity contribution in [3.8, 4) is 0 Å². The van der Waals surface area contributed by atoms with Crippen molar-refractivity contribution in [2.45, 2.75) is 63.4 Å². The van der Waals surface area contributed by atoms with Gasteiger partial charge in [0.15, 0.2) is 0 Å². The molecule has 0 bridgehead atoms. The van der Waals surface area contributed by atoms with Crippen LogP contribution in [0.4, 0.5) is 0 Å². The zero-order valence-electron chi connectivity index (χ0n) is 12.9. The van der Waals surface area contributed by atoms with Crippen LogP contribution in [0.15, 0.2) is 16.3 Å². The van der Waals surface area contributed by atoms with Crippen molar-refractivity contribution in [3.05, 3.63) is 16.3 Å². The van der Waals surface area contributed by atoms with E-state index >= 15 is 0 Å². The highest BCUT2D eigenvalue weighted by molar-refractivity contribution is 7.89. The van der Waals surface area contributed by atoms with Gasteiger partial charge in [0.25, 0.3) is 0 Å². The molecule has 1 saturated carbocycles. The molecule has 0 aromatic carbocycles. The molecule has 6 heteroatoms. The van der Waals surface area contributed by atoms with Gasteiger partial charge in [-0.15, -0.1) is 11.3 Å². The number of nitrogens with one attached hydrogen (secondary N) is 2. The molecule has 0 radical (unpaired) electrons. The third-order valence-electron chi connectivity index (χ3n) is 4.17. The zero-order valence-corrected chi connectivity index (χ0v) is 14.5. The summed E-state index contributed by atoms with van der Waals surface area (Å²) < 4.78 is 27.8. The Morgan fingerprint density at radius 2 is 2.14 bits per heavy atom. The van der Waals surface area contributed by atoms with E-state index in [4.69, 9.17) is 0 Å². The van der Waals surface area contributed by atoms with Gasteiger partial charge >= 0.3 is 0 Å². The topological polar surface area (TPSA) is 58.2 Å². The van der Waals surface area contributed by atoms with Crippen molar-refractivity contribution in [2.24, 2.45) is 5.92 Å². The highest BCUT2D eigenvalue weighted by Gasteiger charge is 2.26. The lowest BCUT2D eigenvalue weighted by molar-refractivity contribution is 0.301. The standard InChI is InChI=1S/C15H26N2O2S2/c1-3-12-6-5-7-13(8-12)17-21(18,19)15-9-14(20-11-15)10-16-4-2/h9,11-13,16-17H,3-8,10H2,1-2H3. The number of thiophene rings is 1. The fourth-order valence-corrected chi connectivity index (χ4v) is 5.43. The van der Waals surface area contributed by atoms with E-state index in [1.54, 1.807) is 11.4 Å². The van der Waals surface area contributed by atoms with Crippen molar-refractivity contribution in [1.29, 1.82) is 0 Å². The van der Waals surface area contributed by atoms with Crippen molar-refractivity contribution >= 4 is 21.4 Å². The Labute approximate surface area is 132 Å². The van der Waals surface area contributed by atoms with Gasteiger partial charge < -0.3 is 5.32 Å². The molecule has 2 atom stereocenters. The Balaban J connectivity index is 1.99. The van der Waals surface area contributed by atoms with Crippen LogP contribution in [0.1, 0.15) is 50.8 Å². The first kappa shape index (κ1) is 16.9. The molecule has 1 aliphatic rings. The fourth-order valence-electron chi connectivity index (χ4n) is 2.90. The molecule has 2 N–H and O–H groups in total. The molecule has 0 saturated heterocycles. The number of sulfonamides is 1. The average Bonchev–Trinajstić information content (AvgIpc) is 2.94. The summed E-state index contributed by atoms with van der Waals surface area (Å²) in [6, 6.07) is 1.89. The van der Waals surface area contributed by atoms with Crippen LogP contribution in [0, 0.1) is 5.92 Å². The molecule has 1 aromatic rings. The van der Waals surface area contributed by atoms with Crippen LogP contribution in [-0.4, -0.2) is 21.0 Å². The third-order valence-corrected chi connectivity index (χ3v) is 6.76. The van der Waals surface area contributed by atoms with Gasteiger partial charge in [-0.3, -0.25) is 0 Å². The monoisotopic (exact) mass is 330 g/mol. The van der Waals surface area contributed by atoms with Crippen LogP contribution in [0.3, 0.4) is 0 Å². The maximum Gasteiger partial charge on any atom is 0.241 e. The van der Waals surface area contributed by atoms with Crippen LogP contribution < -0.4 is 10.0 Å². The van der Waals surface area contributed by atoms with E-state index in [1.807, 2.05) is 6.92 Å². The minimum absolute atomic E-state index is 0.103. The maximum atomic E-state index is 12.5. The lowest BCUT2D eigenvalue weighted by Gasteiger charge is -2.28. The second-order valence-electron chi connectivity index (χ2n) is 5.79. The zero-order chi connectivity index (χ0) is 15.3. The first-order chi connectivity index (χ1) is 10.0. The number of hydrogen-bond donors (Lipinski definition) is 2. The van der Waals surface area contributed by atoms with E-state index in [1.165, 1.54) is 17.8 Å². The van der Waals surface area contributed by atoms with Gasteiger partial charge in [-0.05, 0) is 31.4 Å². The van der Waals surface area contributed by atoms with Gasteiger partial charge in [0.1, 0.15) is 0 Å². The van der Waals surface area contributed by atoms with Crippen LogP contribution in [0.5, 0.6) is 0 Å². The van der Waals surface area contributed by atoms with E-state index in [-0.39, 0.29) is 6.04 Å². The summed E-state index contributed by atoms with van der Waals surface area (Å²) >= 11 is 1.50. The molecule has 1 aliphatic carbocycles. The Kier molecular flexibility index (Phi) is 6.22. The summed E-state index contributed by atoms with van der Waals surface area (Å²) in [4.78, 5) is 1.48. The smallest absolute Gasteiger partial charge is 0.241 e. The third kappa shape index (κ3) is 4.77. The van der Waals surface area contributed by atoms with Crippen molar-refractivity contribution in [2.75, 3.05) is 6.54 Å². The van der Waals surface area contributed by atoms with Gasteiger partial charge in [0, 0.05) is 22.8 Å². The Hall–Kier alpha value is -0.430. The van der Waals surface area contributed by atoms with Gasteiger partial charge in [-0.2, -0.15) is 0 Å². The molecule has 0 aliphatic heterocycles. The summed E-state index contributed by atoms with van der Waals surface area (Å²) in [5.41, 5.74) is 0. The van der Waals surface area contributed by atoms with Crippen LogP contribution in [0.2, 0.25) is 0 Å². The van der Waals surface area contributed by atoms with E-state index < -0.39 is 10.0 Å². The van der Waals surface area contributed by atoms with E-state index in [0.717, 1.165) is 43.6 Å². The largest absolute Gasteiger partial charge is 0.312 e. The van der Waals surface area contributed by atoms with Crippen molar-refractivity contribution < 1.29 is 8.42 Å². The van der Waals surface area contributed by atoms with E-state index in [9.17, 15) is 8.42 Å². The normalized spacial score (nSPS) is 23.3. The van der Waals surface area contributed by atoms with Crippen molar-refractivity contribution in [1.82, 2.24) is 10.0 Å². The molecule has 21 heavy (non-hydrogen) atoms.